The Morgan fingerprint density at radius 1 is 1.09 bits per heavy atom. The maximum atomic E-state index is 12.5. The molecule has 168 valence electrons. The minimum absolute atomic E-state index is 0.103. The number of aromatic nitrogens is 4. The highest BCUT2D eigenvalue weighted by atomic mass is 35.5. The van der Waals surface area contributed by atoms with Crippen molar-refractivity contribution in [1.29, 1.82) is 0 Å². The van der Waals surface area contributed by atoms with Gasteiger partial charge in [0.05, 0.1) is 23.4 Å². The molecule has 2 aromatic heterocycles. The fraction of sp³-hybridized carbons (Fsp3) is 0.0952. The Kier molecular flexibility index (Phi) is 6.57. The van der Waals surface area contributed by atoms with Crippen LogP contribution in [0.15, 0.2) is 67.1 Å². The van der Waals surface area contributed by atoms with Gasteiger partial charge in [-0.1, -0.05) is 41.4 Å². The van der Waals surface area contributed by atoms with Crippen LogP contribution in [0, 0.1) is 10.1 Å². The van der Waals surface area contributed by atoms with Gasteiger partial charge in [-0.25, -0.2) is 4.68 Å². The highest BCUT2D eigenvalue weighted by Crippen LogP contribution is 2.26. The van der Waals surface area contributed by atoms with E-state index >= 15 is 0 Å². The molecule has 2 heterocycles. The Hall–Kier alpha value is -3.89. The zero-order valence-electron chi connectivity index (χ0n) is 16.9. The monoisotopic (exact) mass is 486 g/mol. The van der Waals surface area contributed by atoms with Crippen LogP contribution >= 0.6 is 23.2 Å². The molecule has 10 nitrogen and oxygen atoms in total. The van der Waals surface area contributed by atoms with E-state index in [1.807, 2.05) is 0 Å². The molecule has 0 unspecified atom stereocenters. The van der Waals surface area contributed by atoms with Crippen molar-refractivity contribution in [2.24, 2.45) is 0 Å². The predicted molar refractivity (Wildman–Crippen MR) is 122 cm³/mol. The number of ether oxygens (including phenoxy) is 1. The lowest BCUT2D eigenvalue weighted by molar-refractivity contribution is -0.386. The van der Waals surface area contributed by atoms with Crippen LogP contribution in [0.3, 0.4) is 0 Å². The van der Waals surface area contributed by atoms with Gasteiger partial charge in [0.1, 0.15) is 0 Å². The maximum absolute atomic E-state index is 12.5. The lowest BCUT2D eigenvalue weighted by Crippen LogP contribution is -2.14. The molecule has 0 aliphatic carbocycles. The molecule has 0 aliphatic rings. The molecule has 0 fully saturated rings. The second-order valence-corrected chi connectivity index (χ2v) is 7.63. The summed E-state index contributed by atoms with van der Waals surface area (Å²) in [4.78, 5) is 23.1. The molecule has 0 bridgehead atoms. The summed E-state index contributed by atoms with van der Waals surface area (Å²) in [6.45, 7) is 0.237. The van der Waals surface area contributed by atoms with Crippen LogP contribution in [0.2, 0.25) is 10.0 Å². The summed E-state index contributed by atoms with van der Waals surface area (Å²) in [7, 11) is 0. The van der Waals surface area contributed by atoms with E-state index < -0.39 is 10.8 Å². The van der Waals surface area contributed by atoms with Gasteiger partial charge in [0.25, 0.3) is 5.91 Å². The minimum atomic E-state index is -0.531. The zero-order valence-corrected chi connectivity index (χ0v) is 18.4. The number of nitro benzene ring substituents is 1. The molecule has 0 spiro atoms. The van der Waals surface area contributed by atoms with Crippen LogP contribution in [-0.4, -0.2) is 30.4 Å². The molecule has 2 aromatic carbocycles. The maximum Gasteiger partial charge on any atom is 0.311 e. The number of benzene rings is 2. The first-order chi connectivity index (χ1) is 15.9. The van der Waals surface area contributed by atoms with Crippen molar-refractivity contribution < 1.29 is 14.5 Å². The van der Waals surface area contributed by atoms with E-state index in [0.717, 1.165) is 5.56 Å². The van der Waals surface area contributed by atoms with E-state index in [-0.39, 0.29) is 23.9 Å². The summed E-state index contributed by atoms with van der Waals surface area (Å²) < 4.78 is 8.42. The second-order valence-electron chi connectivity index (χ2n) is 6.82. The van der Waals surface area contributed by atoms with Gasteiger partial charge >= 0.3 is 5.69 Å². The smallest absolute Gasteiger partial charge is 0.311 e. The predicted octanol–water partition coefficient (Wildman–Crippen LogP) is 4.63. The number of nitro groups is 1. The molecule has 4 aromatic rings. The van der Waals surface area contributed by atoms with Crippen LogP contribution in [0.5, 0.6) is 5.75 Å². The number of carbonyl (C=O) groups excluding carboxylic acids is 1. The Balaban J connectivity index is 1.37. The van der Waals surface area contributed by atoms with Crippen molar-refractivity contribution in [2.45, 2.75) is 13.3 Å². The molecule has 0 aliphatic heterocycles. The van der Waals surface area contributed by atoms with Crippen LogP contribution in [0.4, 0.5) is 11.4 Å². The fourth-order valence-corrected chi connectivity index (χ4v) is 3.49. The quantitative estimate of drug-likeness (QED) is 0.286. The first-order valence-electron chi connectivity index (χ1n) is 9.57. The summed E-state index contributed by atoms with van der Waals surface area (Å²) in [5, 5.41) is 23.2. The number of nitrogens with zero attached hydrogens (tertiary/aromatic N) is 5. The first kappa shape index (κ1) is 22.3. The SMILES string of the molecule is O=C(Nc1cnn(Cc2c(Cl)cccc2Cl)c1)c1ccn(COc2ccccc2[N+](=O)[O-])n1. The standard InChI is InChI=1S/C21H16Cl2N6O4/c22-16-4-3-5-17(23)15(16)12-28-11-14(10-24-28)25-21(30)18-8-9-27(26-18)13-33-20-7-2-1-6-19(20)29(31)32/h1-11H,12-13H2,(H,25,30). The van der Waals surface area contributed by atoms with Gasteiger partial charge < -0.3 is 10.1 Å². The number of para-hydroxylation sites is 2. The number of rotatable bonds is 8. The lowest BCUT2D eigenvalue weighted by atomic mass is 10.2. The van der Waals surface area contributed by atoms with E-state index in [9.17, 15) is 14.9 Å². The average molecular weight is 487 g/mol. The van der Waals surface area contributed by atoms with Gasteiger partial charge in [-0.3, -0.25) is 19.6 Å². The van der Waals surface area contributed by atoms with Crippen molar-refractivity contribution in [2.75, 3.05) is 5.32 Å². The van der Waals surface area contributed by atoms with E-state index in [2.05, 4.69) is 15.5 Å². The van der Waals surface area contributed by atoms with Crippen LogP contribution < -0.4 is 10.1 Å². The summed E-state index contributed by atoms with van der Waals surface area (Å²) >= 11 is 12.4. The third-order valence-electron chi connectivity index (χ3n) is 4.56. The van der Waals surface area contributed by atoms with Gasteiger partial charge in [-0.15, -0.1) is 0 Å². The molecule has 4 rings (SSSR count). The molecule has 1 amide bonds. The van der Waals surface area contributed by atoms with Crippen molar-refractivity contribution in [1.82, 2.24) is 19.6 Å². The Morgan fingerprint density at radius 3 is 2.61 bits per heavy atom. The van der Waals surface area contributed by atoms with Crippen molar-refractivity contribution in [3.63, 3.8) is 0 Å². The fourth-order valence-electron chi connectivity index (χ4n) is 2.98. The van der Waals surface area contributed by atoms with Crippen molar-refractivity contribution in [3.05, 3.63) is 98.5 Å². The third-order valence-corrected chi connectivity index (χ3v) is 5.27. The van der Waals surface area contributed by atoms with Crippen molar-refractivity contribution in [3.8, 4) is 5.75 Å². The summed E-state index contributed by atoms with van der Waals surface area (Å²) in [5.41, 5.74) is 1.17. The number of nitrogens with one attached hydrogen (secondary N) is 1. The van der Waals surface area contributed by atoms with Gasteiger partial charge in [-0.2, -0.15) is 10.2 Å². The average Bonchev–Trinajstić information content (AvgIpc) is 3.45. The minimum Gasteiger partial charge on any atom is -0.464 e. The molecular formula is C21H16Cl2N6O4. The highest BCUT2D eigenvalue weighted by molar-refractivity contribution is 6.35. The molecule has 0 radical (unpaired) electrons. The Bertz CT molecular complexity index is 1300. The zero-order chi connectivity index (χ0) is 23.4. The van der Waals surface area contributed by atoms with E-state index in [1.165, 1.54) is 35.3 Å². The lowest BCUT2D eigenvalue weighted by Gasteiger charge is -2.07. The number of carbonyl (C=O) groups is 1. The summed E-state index contributed by atoms with van der Waals surface area (Å²) in [6, 6.07) is 12.8. The molecule has 12 heteroatoms. The largest absolute Gasteiger partial charge is 0.464 e. The summed E-state index contributed by atoms with van der Waals surface area (Å²) in [5.74, 6) is -0.343. The summed E-state index contributed by atoms with van der Waals surface area (Å²) in [6.07, 6.45) is 4.68. The number of hydrogen-bond acceptors (Lipinski definition) is 6. The molecule has 1 N–H and O–H groups in total. The van der Waals surface area contributed by atoms with Gasteiger partial charge in [0.15, 0.2) is 18.2 Å². The Morgan fingerprint density at radius 2 is 1.85 bits per heavy atom. The number of hydrogen-bond donors (Lipinski definition) is 1. The molecule has 0 atom stereocenters. The molecule has 0 saturated carbocycles. The topological polar surface area (TPSA) is 117 Å². The van der Waals surface area contributed by atoms with Gasteiger partial charge in [0, 0.05) is 34.1 Å². The number of amides is 1. The van der Waals surface area contributed by atoms with Crippen LogP contribution in [-0.2, 0) is 13.3 Å². The normalized spacial score (nSPS) is 10.7. The van der Waals surface area contributed by atoms with Gasteiger partial charge in [0.2, 0.25) is 0 Å². The highest BCUT2D eigenvalue weighted by Gasteiger charge is 2.15. The molecular weight excluding hydrogens is 471 g/mol. The Labute approximate surface area is 197 Å². The number of halogens is 2. The van der Waals surface area contributed by atoms with E-state index in [0.29, 0.717) is 22.3 Å². The first-order valence-corrected chi connectivity index (χ1v) is 10.3. The van der Waals surface area contributed by atoms with Crippen LogP contribution in [0.1, 0.15) is 16.1 Å². The van der Waals surface area contributed by atoms with Crippen molar-refractivity contribution >= 4 is 40.5 Å². The second kappa shape index (κ2) is 9.72. The van der Waals surface area contributed by atoms with Crippen LogP contribution in [0.25, 0.3) is 0 Å². The molecule has 0 saturated heterocycles. The third kappa shape index (κ3) is 5.30. The van der Waals surface area contributed by atoms with Gasteiger partial charge in [-0.05, 0) is 24.3 Å². The van der Waals surface area contributed by atoms with E-state index in [1.54, 1.807) is 41.2 Å². The number of anilines is 1. The van der Waals surface area contributed by atoms with E-state index in [4.69, 9.17) is 27.9 Å². The molecule has 33 heavy (non-hydrogen) atoms.